The Morgan fingerprint density at radius 1 is 1.28 bits per heavy atom. The summed E-state index contributed by atoms with van der Waals surface area (Å²) in [5.41, 5.74) is 2.37. The van der Waals surface area contributed by atoms with E-state index in [1.807, 2.05) is 43.1 Å². The summed E-state index contributed by atoms with van der Waals surface area (Å²) in [6.45, 7) is 4.09. The van der Waals surface area contributed by atoms with Crippen molar-refractivity contribution in [3.05, 3.63) is 54.1 Å². The van der Waals surface area contributed by atoms with Crippen LogP contribution >= 0.6 is 0 Å². The van der Waals surface area contributed by atoms with Crippen LogP contribution in [0.15, 0.2) is 43.0 Å². The van der Waals surface area contributed by atoms with Gasteiger partial charge in [-0.3, -0.25) is 4.90 Å². The molecule has 202 valence electrons. The molecule has 0 aromatic carbocycles. The number of pyridine rings is 2. The fraction of sp³-hybridized carbons (Fsp3) is 0.370. The molecular formula is C27H28F2N8O2. The number of anilines is 1. The molecule has 3 aromatic heterocycles. The van der Waals surface area contributed by atoms with E-state index in [2.05, 4.69) is 21.1 Å². The van der Waals surface area contributed by atoms with E-state index in [0.717, 1.165) is 24.7 Å². The van der Waals surface area contributed by atoms with E-state index in [0.29, 0.717) is 40.9 Å². The molecule has 12 heteroatoms. The highest BCUT2D eigenvalue weighted by atomic mass is 19.3. The second-order valence-electron chi connectivity index (χ2n) is 10.6. The van der Waals surface area contributed by atoms with E-state index >= 15 is 0 Å². The first-order valence-electron chi connectivity index (χ1n) is 12.5. The summed E-state index contributed by atoms with van der Waals surface area (Å²) >= 11 is 0. The maximum absolute atomic E-state index is 12.7. The van der Waals surface area contributed by atoms with Gasteiger partial charge < -0.3 is 20.4 Å². The third kappa shape index (κ3) is 5.12. The number of fused-ring (bicyclic) bond motifs is 3. The Labute approximate surface area is 224 Å². The van der Waals surface area contributed by atoms with Gasteiger partial charge in [-0.2, -0.15) is 19.1 Å². The molecule has 1 amide bonds. The van der Waals surface area contributed by atoms with Crippen LogP contribution in [0.1, 0.15) is 38.3 Å². The van der Waals surface area contributed by atoms with Crippen LogP contribution in [0.2, 0.25) is 0 Å². The van der Waals surface area contributed by atoms with Crippen LogP contribution in [0.5, 0.6) is 0 Å². The minimum absolute atomic E-state index is 0.0644. The Morgan fingerprint density at radius 3 is 2.62 bits per heavy atom. The molecule has 6 rings (SSSR count). The summed E-state index contributed by atoms with van der Waals surface area (Å²) < 4.78 is 32.5. The SMILES string of the molecule is CC(C)(C)OC(=O)N1C2CC1CN(c1ccc(-c3cc(/C(C=N)=C/NC(F)F)cn4ncc(C#N)c34)cn1)C2. The van der Waals surface area contributed by atoms with Gasteiger partial charge in [0.1, 0.15) is 17.5 Å². The van der Waals surface area contributed by atoms with Gasteiger partial charge in [-0.15, -0.1) is 0 Å². The average Bonchev–Trinajstić information content (AvgIpc) is 3.30. The van der Waals surface area contributed by atoms with Crippen molar-refractivity contribution in [2.24, 2.45) is 0 Å². The first-order chi connectivity index (χ1) is 18.6. The highest BCUT2D eigenvalue weighted by molar-refractivity contribution is 6.08. The molecule has 2 bridgehead atoms. The van der Waals surface area contributed by atoms with Crippen molar-refractivity contribution >= 4 is 29.2 Å². The summed E-state index contributed by atoms with van der Waals surface area (Å²) in [6, 6.07) is 7.76. The Kier molecular flexibility index (Phi) is 6.68. The van der Waals surface area contributed by atoms with Gasteiger partial charge in [0.2, 0.25) is 0 Å². The van der Waals surface area contributed by atoms with Crippen molar-refractivity contribution in [2.75, 3.05) is 18.0 Å². The van der Waals surface area contributed by atoms with Gasteiger partial charge in [0, 0.05) is 60.2 Å². The van der Waals surface area contributed by atoms with Crippen LogP contribution in [0.4, 0.5) is 19.4 Å². The van der Waals surface area contributed by atoms with Gasteiger partial charge in [0.25, 0.3) is 0 Å². The van der Waals surface area contributed by atoms with Crippen molar-refractivity contribution < 1.29 is 18.3 Å². The summed E-state index contributed by atoms with van der Waals surface area (Å²) in [5, 5.41) is 23.5. The van der Waals surface area contributed by atoms with Crippen molar-refractivity contribution in [2.45, 2.75) is 51.4 Å². The molecule has 0 saturated carbocycles. The normalized spacial score (nSPS) is 19.1. The molecule has 3 fully saturated rings. The molecule has 0 spiro atoms. The van der Waals surface area contributed by atoms with E-state index in [4.69, 9.17) is 10.1 Å². The molecule has 6 heterocycles. The predicted octanol–water partition coefficient (Wildman–Crippen LogP) is 4.27. The first kappa shape index (κ1) is 26.1. The number of hydrogen-bond donors (Lipinski definition) is 2. The summed E-state index contributed by atoms with van der Waals surface area (Å²) in [5.74, 6) is 0.764. The lowest BCUT2D eigenvalue weighted by Gasteiger charge is -2.56. The second-order valence-corrected chi connectivity index (χ2v) is 10.6. The van der Waals surface area contributed by atoms with E-state index in [-0.39, 0.29) is 23.8 Å². The number of nitrogens with one attached hydrogen (secondary N) is 2. The number of aromatic nitrogens is 3. The molecule has 10 nitrogen and oxygen atoms in total. The minimum atomic E-state index is -2.77. The molecule has 2 N–H and O–H groups in total. The second kappa shape index (κ2) is 9.98. The number of alkyl halides is 2. The van der Waals surface area contributed by atoms with Gasteiger partial charge in [-0.05, 0) is 45.4 Å². The number of hydrogen-bond acceptors (Lipinski definition) is 8. The summed E-state index contributed by atoms with van der Waals surface area (Å²) in [6.07, 6.45) is 7.40. The van der Waals surface area contributed by atoms with Gasteiger partial charge in [0.05, 0.1) is 29.4 Å². The number of allylic oxidation sites excluding steroid dienone is 1. The molecule has 3 aliphatic rings. The smallest absolute Gasteiger partial charge is 0.410 e. The maximum Gasteiger partial charge on any atom is 0.410 e. The zero-order chi connectivity index (χ0) is 27.9. The molecule has 2 atom stereocenters. The highest BCUT2D eigenvalue weighted by Gasteiger charge is 2.49. The molecule has 39 heavy (non-hydrogen) atoms. The fourth-order valence-electron chi connectivity index (χ4n) is 5.08. The van der Waals surface area contributed by atoms with Crippen molar-refractivity contribution in [3.8, 4) is 17.2 Å². The monoisotopic (exact) mass is 534 g/mol. The number of nitrogens with zero attached hydrogens (tertiary/aromatic N) is 6. The number of carbonyl (C=O) groups excluding carboxylic acids is 1. The average molecular weight is 535 g/mol. The molecule has 3 aliphatic heterocycles. The highest BCUT2D eigenvalue weighted by Crippen LogP contribution is 2.36. The summed E-state index contributed by atoms with van der Waals surface area (Å²) in [4.78, 5) is 21.2. The number of piperidine rings is 1. The number of piperazine rings is 1. The first-order valence-corrected chi connectivity index (χ1v) is 12.5. The number of amides is 1. The Balaban J connectivity index is 1.41. The molecule has 3 aromatic rings. The lowest BCUT2D eigenvalue weighted by atomic mass is 9.88. The standard InChI is InChI=1S/C27H28F2N8O2/c1-27(2,3)39-26(38)37-20-7-21(37)15-35(14-20)23-5-4-16(10-32-23)22-6-17(18(8-30)11-33-25(28)29)13-36-24(22)19(9-31)12-34-36/h4-6,8,10-13,20-21,25,30,33H,7,14-15H2,1-3H3/b18-11+,30-8?. The van der Waals surface area contributed by atoms with Crippen molar-refractivity contribution in [1.29, 1.82) is 10.7 Å². The Hall–Kier alpha value is -4.53. The molecule has 2 unspecified atom stereocenters. The quantitative estimate of drug-likeness (QED) is 0.358. The number of ether oxygens (including phenoxy) is 1. The van der Waals surface area contributed by atoms with Gasteiger partial charge in [-0.1, -0.05) is 0 Å². The van der Waals surface area contributed by atoms with Crippen LogP contribution in [-0.4, -0.2) is 69.1 Å². The van der Waals surface area contributed by atoms with E-state index in [1.165, 1.54) is 10.7 Å². The van der Waals surface area contributed by atoms with E-state index in [9.17, 15) is 18.8 Å². The molecular weight excluding hydrogens is 506 g/mol. The van der Waals surface area contributed by atoms with E-state index < -0.39 is 12.2 Å². The third-order valence-corrected chi connectivity index (χ3v) is 6.77. The topological polar surface area (TPSA) is 123 Å². The lowest BCUT2D eigenvalue weighted by molar-refractivity contribution is -0.0380. The number of carbonyl (C=O) groups is 1. The van der Waals surface area contributed by atoms with Crippen LogP contribution in [0, 0.1) is 16.7 Å². The molecule has 0 radical (unpaired) electrons. The number of halogens is 2. The van der Waals surface area contributed by atoms with Crippen LogP contribution in [0.25, 0.3) is 22.2 Å². The zero-order valence-electron chi connectivity index (χ0n) is 21.7. The van der Waals surface area contributed by atoms with Gasteiger partial charge in [0.15, 0.2) is 0 Å². The Morgan fingerprint density at radius 2 is 2.03 bits per heavy atom. The van der Waals surface area contributed by atoms with Crippen LogP contribution in [0.3, 0.4) is 0 Å². The van der Waals surface area contributed by atoms with Crippen LogP contribution in [-0.2, 0) is 4.74 Å². The van der Waals surface area contributed by atoms with Crippen LogP contribution < -0.4 is 10.2 Å². The maximum atomic E-state index is 12.7. The summed E-state index contributed by atoms with van der Waals surface area (Å²) in [7, 11) is 0. The number of nitriles is 1. The van der Waals surface area contributed by atoms with Crippen molar-refractivity contribution in [1.82, 2.24) is 24.8 Å². The lowest BCUT2D eigenvalue weighted by Crippen LogP contribution is -2.70. The third-order valence-electron chi connectivity index (χ3n) is 6.77. The predicted molar refractivity (Wildman–Crippen MR) is 142 cm³/mol. The Bertz CT molecular complexity index is 1470. The van der Waals surface area contributed by atoms with E-state index in [1.54, 1.807) is 18.5 Å². The molecule has 0 aliphatic carbocycles. The minimum Gasteiger partial charge on any atom is -0.444 e. The number of rotatable bonds is 6. The zero-order valence-corrected chi connectivity index (χ0v) is 21.7. The fourth-order valence-corrected chi connectivity index (χ4v) is 5.08. The van der Waals surface area contributed by atoms with Gasteiger partial charge in [-0.25, -0.2) is 14.3 Å². The van der Waals surface area contributed by atoms with Gasteiger partial charge >= 0.3 is 12.6 Å². The van der Waals surface area contributed by atoms with Crippen molar-refractivity contribution in [3.63, 3.8) is 0 Å². The molecule has 3 saturated heterocycles. The largest absolute Gasteiger partial charge is 0.444 e.